The van der Waals surface area contributed by atoms with Gasteiger partial charge in [0.25, 0.3) is 0 Å². The summed E-state index contributed by atoms with van der Waals surface area (Å²) in [5, 5.41) is 4.92. The van der Waals surface area contributed by atoms with Gasteiger partial charge in [-0.3, -0.25) is 0 Å². The van der Waals surface area contributed by atoms with Gasteiger partial charge in [-0.25, -0.2) is 9.98 Å². The van der Waals surface area contributed by atoms with E-state index < -0.39 is 0 Å². The fourth-order valence-electron chi connectivity index (χ4n) is 8.72. The maximum Gasteiger partial charge on any atom is 0.159 e. The van der Waals surface area contributed by atoms with Gasteiger partial charge in [0, 0.05) is 15.8 Å². The minimum atomic E-state index is -0.299. The van der Waals surface area contributed by atoms with Crippen LogP contribution >= 0.6 is 11.3 Å². The lowest BCUT2D eigenvalue weighted by Gasteiger charge is -2.25. The lowest BCUT2D eigenvalue weighted by molar-refractivity contribution is 0.687. The molecule has 3 nitrogen and oxygen atoms in total. The van der Waals surface area contributed by atoms with Gasteiger partial charge in [-0.05, 0) is 90.3 Å². The summed E-state index contributed by atoms with van der Waals surface area (Å²) in [6.45, 7) is 0. The van der Waals surface area contributed by atoms with Gasteiger partial charge in [-0.2, -0.15) is 0 Å². The standard InChI is InChI=1S/C59H41N3S/c1-6-18-40(19-7-1)41-30-34-47(35-31-41)57-60-58(62-59(61-57)53-38-49-28-16-17-29-52(49)63-53)48-36-32-46(33-37-48)55-51(43-22-10-3-11-23-43)39-50(42-20-8-2-9-21-42)54(44-24-12-4-13-25-44)56(55)45-26-14-5-15-27-45/h1-39,59H,(H,60,61,62). The monoisotopic (exact) mass is 823 g/mol. The summed E-state index contributed by atoms with van der Waals surface area (Å²) in [4.78, 5) is 11.7. The Morgan fingerprint density at radius 3 is 1.32 bits per heavy atom. The van der Waals surface area contributed by atoms with E-state index in [1.165, 1.54) is 60.2 Å². The lowest BCUT2D eigenvalue weighted by Crippen LogP contribution is -2.33. The van der Waals surface area contributed by atoms with E-state index in [-0.39, 0.29) is 6.17 Å². The van der Waals surface area contributed by atoms with Crippen LogP contribution in [0.3, 0.4) is 0 Å². The summed E-state index contributed by atoms with van der Waals surface area (Å²) in [7, 11) is 0. The van der Waals surface area contributed by atoms with Crippen LogP contribution in [0.4, 0.5) is 0 Å². The third-order valence-corrected chi connectivity index (χ3v) is 12.9. The smallest absolute Gasteiger partial charge is 0.159 e. The maximum absolute atomic E-state index is 5.32. The van der Waals surface area contributed by atoms with Gasteiger partial charge in [0.15, 0.2) is 12.0 Å². The predicted molar refractivity (Wildman–Crippen MR) is 266 cm³/mol. The van der Waals surface area contributed by atoms with Gasteiger partial charge >= 0.3 is 0 Å². The van der Waals surface area contributed by atoms with Crippen molar-refractivity contribution in [2.45, 2.75) is 6.17 Å². The zero-order valence-electron chi connectivity index (χ0n) is 34.4. The lowest BCUT2D eigenvalue weighted by atomic mass is 9.79. The van der Waals surface area contributed by atoms with Crippen LogP contribution in [0.15, 0.2) is 247 Å². The first-order valence-corrected chi connectivity index (χ1v) is 22.2. The molecule has 0 radical (unpaired) electrons. The second-order valence-corrected chi connectivity index (χ2v) is 16.8. The molecule has 2 heterocycles. The highest BCUT2D eigenvalue weighted by molar-refractivity contribution is 7.19. The van der Waals surface area contributed by atoms with E-state index in [9.17, 15) is 0 Å². The van der Waals surface area contributed by atoms with E-state index in [2.05, 4.69) is 236 Å². The van der Waals surface area contributed by atoms with Crippen LogP contribution in [0.2, 0.25) is 0 Å². The molecule has 11 rings (SSSR count). The fraction of sp³-hybridized carbons (Fsp3) is 0.0169. The number of thiophene rings is 1. The number of aliphatic imine (C=N–C) groups is 2. The van der Waals surface area contributed by atoms with Crippen LogP contribution < -0.4 is 5.32 Å². The zero-order chi connectivity index (χ0) is 42.0. The van der Waals surface area contributed by atoms with Crippen molar-refractivity contribution in [3.63, 3.8) is 0 Å². The molecule has 10 aromatic rings. The average Bonchev–Trinajstić information content (AvgIpc) is 3.82. The molecular weight excluding hydrogens is 783 g/mol. The third-order valence-electron chi connectivity index (χ3n) is 11.8. The molecule has 1 aliphatic rings. The Balaban J connectivity index is 1.08. The molecule has 0 saturated heterocycles. The highest BCUT2D eigenvalue weighted by atomic mass is 32.1. The molecular formula is C59H41N3S. The molecule has 63 heavy (non-hydrogen) atoms. The summed E-state index contributed by atoms with van der Waals surface area (Å²) >= 11 is 1.77. The molecule has 0 aliphatic carbocycles. The molecule has 1 unspecified atom stereocenters. The van der Waals surface area contributed by atoms with Crippen LogP contribution in [0.5, 0.6) is 0 Å². The number of hydrogen-bond donors (Lipinski definition) is 1. The predicted octanol–water partition coefficient (Wildman–Crippen LogP) is 15.4. The van der Waals surface area contributed by atoms with Crippen molar-refractivity contribution in [3.05, 3.63) is 253 Å². The average molecular weight is 824 g/mol. The number of amidine groups is 2. The number of nitrogens with one attached hydrogen (secondary N) is 1. The highest BCUT2D eigenvalue weighted by Crippen LogP contribution is 2.50. The number of benzene rings is 9. The molecule has 1 N–H and O–H groups in total. The molecule has 0 fully saturated rings. The summed E-state index contributed by atoms with van der Waals surface area (Å²) in [5.74, 6) is 1.49. The van der Waals surface area contributed by atoms with Crippen LogP contribution in [-0.4, -0.2) is 11.7 Å². The van der Waals surface area contributed by atoms with Gasteiger partial charge in [-0.15, -0.1) is 11.3 Å². The molecule has 4 heteroatoms. The van der Waals surface area contributed by atoms with Gasteiger partial charge in [0.05, 0.1) is 4.88 Å². The quantitative estimate of drug-likeness (QED) is 0.155. The van der Waals surface area contributed by atoms with E-state index in [4.69, 9.17) is 9.98 Å². The molecule has 1 aliphatic heterocycles. The van der Waals surface area contributed by atoms with Crippen LogP contribution in [-0.2, 0) is 0 Å². The summed E-state index contributed by atoms with van der Waals surface area (Å²) in [6.07, 6.45) is -0.299. The molecule has 0 spiro atoms. The fourth-order valence-corrected chi connectivity index (χ4v) is 9.77. The molecule has 1 atom stereocenters. The molecule has 298 valence electrons. The molecule has 0 bridgehead atoms. The number of fused-ring (bicyclic) bond motifs is 1. The first-order valence-electron chi connectivity index (χ1n) is 21.3. The Bertz CT molecular complexity index is 3220. The van der Waals surface area contributed by atoms with E-state index >= 15 is 0 Å². The van der Waals surface area contributed by atoms with E-state index in [0.717, 1.165) is 38.5 Å². The van der Waals surface area contributed by atoms with E-state index in [1.54, 1.807) is 11.3 Å². The summed E-state index contributed by atoms with van der Waals surface area (Å²) in [5.41, 5.74) is 16.0. The zero-order valence-corrected chi connectivity index (χ0v) is 35.2. The summed E-state index contributed by atoms with van der Waals surface area (Å²) < 4.78 is 1.24. The van der Waals surface area contributed by atoms with Crippen molar-refractivity contribution in [2.75, 3.05) is 0 Å². The third kappa shape index (κ3) is 7.58. The minimum absolute atomic E-state index is 0.299. The minimum Gasteiger partial charge on any atom is -0.343 e. The van der Waals surface area contributed by atoms with Crippen molar-refractivity contribution >= 4 is 33.1 Å². The first-order chi connectivity index (χ1) is 31.2. The summed E-state index contributed by atoms with van der Waals surface area (Å²) in [6, 6.07) is 84.5. The topological polar surface area (TPSA) is 36.8 Å². The molecule has 0 amide bonds. The number of rotatable bonds is 9. The van der Waals surface area contributed by atoms with Crippen molar-refractivity contribution in [3.8, 4) is 66.8 Å². The Morgan fingerprint density at radius 2 is 0.762 bits per heavy atom. The normalized spacial score (nSPS) is 13.6. The highest BCUT2D eigenvalue weighted by Gasteiger charge is 2.26. The number of hydrogen-bond acceptors (Lipinski definition) is 4. The SMILES string of the molecule is c1ccc(-c2ccc(C3=NC(c4ccc(-c5c(-c6ccccc6)cc(-c6ccccc6)c(-c6ccccc6)c5-c5ccccc5)cc4)=NC(c4cc5ccccc5s4)N3)cc2)cc1. The van der Waals surface area contributed by atoms with Gasteiger partial charge in [0.1, 0.15) is 5.84 Å². The van der Waals surface area contributed by atoms with Crippen LogP contribution in [0.1, 0.15) is 22.2 Å². The first kappa shape index (κ1) is 38.0. The number of nitrogens with zero attached hydrogens (tertiary/aromatic N) is 2. The Morgan fingerprint density at radius 1 is 0.349 bits per heavy atom. The van der Waals surface area contributed by atoms with Crippen LogP contribution in [0.25, 0.3) is 76.8 Å². The van der Waals surface area contributed by atoms with Crippen molar-refractivity contribution in [2.24, 2.45) is 9.98 Å². The Hall–Kier alpha value is -7.92. The second-order valence-electron chi connectivity index (χ2n) is 15.7. The van der Waals surface area contributed by atoms with Crippen molar-refractivity contribution in [1.82, 2.24) is 5.32 Å². The molecule has 0 saturated carbocycles. The van der Waals surface area contributed by atoms with Gasteiger partial charge < -0.3 is 5.32 Å². The molecule has 9 aromatic carbocycles. The second kappa shape index (κ2) is 16.9. The van der Waals surface area contributed by atoms with E-state index in [0.29, 0.717) is 5.84 Å². The van der Waals surface area contributed by atoms with Crippen molar-refractivity contribution < 1.29 is 0 Å². The largest absolute Gasteiger partial charge is 0.343 e. The van der Waals surface area contributed by atoms with Gasteiger partial charge in [0.2, 0.25) is 0 Å². The van der Waals surface area contributed by atoms with Crippen molar-refractivity contribution in [1.29, 1.82) is 0 Å². The Kier molecular flexibility index (Phi) is 10.2. The molecule has 1 aromatic heterocycles. The maximum atomic E-state index is 5.32. The van der Waals surface area contributed by atoms with E-state index in [1.807, 2.05) is 6.07 Å². The van der Waals surface area contributed by atoms with Gasteiger partial charge in [-0.1, -0.05) is 218 Å². The van der Waals surface area contributed by atoms with Crippen LogP contribution in [0, 0.1) is 0 Å². The Labute approximate surface area is 372 Å².